The van der Waals surface area contributed by atoms with Gasteiger partial charge in [0.25, 0.3) is 0 Å². The third-order valence-corrected chi connectivity index (χ3v) is 4.12. The third kappa shape index (κ3) is 3.44. The molecule has 4 rings (SSSR count). The summed E-state index contributed by atoms with van der Waals surface area (Å²) in [5.74, 6) is 0.796. The van der Waals surface area contributed by atoms with Crippen LogP contribution >= 0.6 is 0 Å². The van der Waals surface area contributed by atoms with Crippen LogP contribution in [0.2, 0.25) is 0 Å². The van der Waals surface area contributed by atoms with E-state index in [2.05, 4.69) is 31.5 Å². The standard InChI is InChI=1S/C17H19N7O/c25-17(23-13-9-21-22-10-13)19-8-12-5-6-16(18-7-12)24-11-20-14-3-1-2-4-15(14)24/h1-7,11,13,21-22H,8-10H2,(H2,19,23,25). The highest BCUT2D eigenvalue weighted by molar-refractivity contribution is 5.76. The Hall–Kier alpha value is -2.97. The van der Waals surface area contributed by atoms with Crippen molar-refractivity contribution < 1.29 is 4.79 Å². The van der Waals surface area contributed by atoms with Gasteiger partial charge in [0.1, 0.15) is 12.1 Å². The molecule has 1 aromatic carbocycles. The summed E-state index contributed by atoms with van der Waals surface area (Å²) in [6, 6.07) is 11.7. The molecule has 1 saturated heterocycles. The first-order valence-electron chi connectivity index (χ1n) is 8.17. The molecule has 0 radical (unpaired) electrons. The fraction of sp³-hybridized carbons (Fsp3) is 0.235. The zero-order valence-corrected chi connectivity index (χ0v) is 13.6. The largest absolute Gasteiger partial charge is 0.334 e. The Balaban J connectivity index is 1.39. The molecule has 3 aromatic rings. The zero-order chi connectivity index (χ0) is 17.1. The highest BCUT2D eigenvalue weighted by atomic mass is 16.2. The number of hydrazine groups is 1. The van der Waals surface area contributed by atoms with Gasteiger partial charge in [-0.2, -0.15) is 0 Å². The van der Waals surface area contributed by atoms with Crippen LogP contribution in [0.4, 0.5) is 4.79 Å². The second-order valence-electron chi connectivity index (χ2n) is 5.91. The summed E-state index contributed by atoms with van der Waals surface area (Å²) < 4.78 is 1.94. The number of nitrogens with one attached hydrogen (secondary N) is 4. The van der Waals surface area contributed by atoms with Gasteiger partial charge >= 0.3 is 6.03 Å². The maximum absolute atomic E-state index is 11.9. The quantitative estimate of drug-likeness (QED) is 0.562. The number of carbonyl (C=O) groups is 1. The van der Waals surface area contributed by atoms with Crippen molar-refractivity contribution in [1.82, 2.24) is 36.0 Å². The number of urea groups is 1. The molecule has 25 heavy (non-hydrogen) atoms. The van der Waals surface area contributed by atoms with Crippen molar-refractivity contribution in [1.29, 1.82) is 0 Å². The van der Waals surface area contributed by atoms with E-state index in [4.69, 9.17) is 0 Å². The minimum atomic E-state index is -0.180. The maximum Gasteiger partial charge on any atom is 0.315 e. The van der Waals surface area contributed by atoms with Crippen LogP contribution in [0.15, 0.2) is 48.9 Å². The summed E-state index contributed by atoms with van der Waals surface area (Å²) in [5.41, 5.74) is 8.83. The molecule has 0 unspecified atom stereocenters. The van der Waals surface area contributed by atoms with Crippen molar-refractivity contribution in [2.75, 3.05) is 13.1 Å². The van der Waals surface area contributed by atoms with Crippen LogP contribution in [0.25, 0.3) is 16.9 Å². The van der Waals surface area contributed by atoms with Crippen LogP contribution in [-0.4, -0.2) is 39.7 Å². The van der Waals surface area contributed by atoms with Gasteiger partial charge in [0, 0.05) is 25.8 Å². The van der Waals surface area contributed by atoms with E-state index in [1.54, 1.807) is 12.5 Å². The van der Waals surface area contributed by atoms with Crippen molar-refractivity contribution in [2.24, 2.45) is 0 Å². The molecule has 1 aliphatic rings. The fourth-order valence-electron chi connectivity index (χ4n) is 2.79. The number of benzene rings is 1. The summed E-state index contributed by atoms with van der Waals surface area (Å²) in [5, 5.41) is 5.74. The van der Waals surface area contributed by atoms with Crippen molar-refractivity contribution in [3.63, 3.8) is 0 Å². The first kappa shape index (κ1) is 15.6. The monoisotopic (exact) mass is 337 g/mol. The number of fused-ring (bicyclic) bond motifs is 1. The second kappa shape index (κ2) is 6.88. The van der Waals surface area contributed by atoms with Crippen molar-refractivity contribution in [3.05, 3.63) is 54.5 Å². The van der Waals surface area contributed by atoms with Gasteiger partial charge in [0.15, 0.2) is 0 Å². The molecule has 128 valence electrons. The van der Waals surface area contributed by atoms with Gasteiger partial charge in [-0.1, -0.05) is 18.2 Å². The number of nitrogens with zero attached hydrogens (tertiary/aromatic N) is 3. The smallest absolute Gasteiger partial charge is 0.315 e. The van der Waals surface area contributed by atoms with E-state index in [9.17, 15) is 4.79 Å². The normalized spacial score (nSPS) is 14.7. The zero-order valence-electron chi connectivity index (χ0n) is 13.6. The van der Waals surface area contributed by atoms with Crippen LogP contribution < -0.4 is 21.5 Å². The Morgan fingerprint density at radius 3 is 2.80 bits per heavy atom. The molecule has 1 aliphatic heterocycles. The SMILES string of the molecule is O=C(NCc1ccc(-n2cnc3ccccc32)nc1)NC1CNNC1. The fourth-order valence-corrected chi connectivity index (χ4v) is 2.79. The lowest BCUT2D eigenvalue weighted by Crippen LogP contribution is -2.44. The van der Waals surface area contributed by atoms with Crippen LogP contribution in [0.5, 0.6) is 0 Å². The molecule has 2 amide bonds. The Labute approximate surface area is 144 Å². The van der Waals surface area contributed by atoms with Crippen LogP contribution in [-0.2, 0) is 6.54 Å². The Morgan fingerprint density at radius 2 is 2.00 bits per heavy atom. The van der Waals surface area contributed by atoms with Gasteiger partial charge in [-0.25, -0.2) is 14.8 Å². The molecule has 0 aliphatic carbocycles. The Kier molecular flexibility index (Phi) is 4.28. The molecule has 8 nitrogen and oxygen atoms in total. The summed E-state index contributed by atoms with van der Waals surface area (Å²) in [6.45, 7) is 1.88. The van der Waals surface area contributed by atoms with E-state index in [-0.39, 0.29) is 12.1 Å². The minimum absolute atomic E-state index is 0.107. The van der Waals surface area contributed by atoms with Crippen molar-refractivity contribution in [2.45, 2.75) is 12.6 Å². The molecular weight excluding hydrogens is 318 g/mol. The second-order valence-corrected chi connectivity index (χ2v) is 5.91. The van der Waals surface area contributed by atoms with Gasteiger partial charge in [-0.15, -0.1) is 0 Å². The number of hydrogen-bond acceptors (Lipinski definition) is 5. The molecule has 0 saturated carbocycles. The average molecular weight is 337 g/mol. The molecule has 2 aromatic heterocycles. The summed E-state index contributed by atoms with van der Waals surface area (Å²) in [4.78, 5) is 20.7. The van der Waals surface area contributed by atoms with E-state index in [1.807, 2.05) is 41.0 Å². The highest BCUT2D eigenvalue weighted by Gasteiger charge is 2.15. The van der Waals surface area contributed by atoms with Crippen LogP contribution in [0, 0.1) is 0 Å². The topological polar surface area (TPSA) is 95.9 Å². The molecule has 0 atom stereocenters. The Bertz CT molecular complexity index is 868. The molecule has 0 bridgehead atoms. The molecule has 1 fully saturated rings. The molecular formula is C17H19N7O. The van der Waals surface area contributed by atoms with E-state index >= 15 is 0 Å². The lowest BCUT2D eigenvalue weighted by Gasteiger charge is -2.12. The van der Waals surface area contributed by atoms with E-state index in [1.165, 1.54) is 0 Å². The first-order valence-corrected chi connectivity index (χ1v) is 8.17. The molecule has 3 heterocycles. The number of aromatic nitrogens is 3. The third-order valence-electron chi connectivity index (χ3n) is 4.12. The van der Waals surface area contributed by atoms with Gasteiger partial charge in [0.05, 0.1) is 17.1 Å². The van der Waals surface area contributed by atoms with E-state index in [0.29, 0.717) is 6.54 Å². The average Bonchev–Trinajstić information content (AvgIpc) is 3.30. The predicted octanol–water partition coefficient (Wildman–Crippen LogP) is 0.696. The van der Waals surface area contributed by atoms with Crippen molar-refractivity contribution >= 4 is 17.1 Å². The number of imidazole rings is 1. The number of hydrogen-bond donors (Lipinski definition) is 4. The predicted molar refractivity (Wildman–Crippen MR) is 94.0 cm³/mol. The van der Waals surface area contributed by atoms with Crippen molar-refractivity contribution in [3.8, 4) is 5.82 Å². The van der Waals surface area contributed by atoms with Gasteiger partial charge in [-0.05, 0) is 23.8 Å². The maximum atomic E-state index is 11.9. The van der Waals surface area contributed by atoms with E-state index < -0.39 is 0 Å². The number of amides is 2. The summed E-state index contributed by atoms with van der Waals surface area (Å²) in [6.07, 6.45) is 3.53. The van der Waals surface area contributed by atoms with Crippen LogP contribution in [0.3, 0.4) is 0 Å². The number of rotatable bonds is 4. The summed E-state index contributed by atoms with van der Waals surface area (Å²) >= 11 is 0. The highest BCUT2D eigenvalue weighted by Crippen LogP contribution is 2.16. The molecule has 4 N–H and O–H groups in total. The minimum Gasteiger partial charge on any atom is -0.334 e. The van der Waals surface area contributed by atoms with Gasteiger partial charge in [0.2, 0.25) is 0 Å². The van der Waals surface area contributed by atoms with Crippen LogP contribution in [0.1, 0.15) is 5.56 Å². The van der Waals surface area contributed by atoms with E-state index in [0.717, 1.165) is 35.5 Å². The molecule has 0 spiro atoms. The summed E-state index contributed by atoms with van der Waals surface area (Å²) in [7, 11) is 0. The number of pyridine rings is 1. The lowest BCUT2D eigenvalue weighted by atomic mass is 10.2. The van der Waals surface area contributed by atoms with Gasteiger partial charge < -0.3 is 10.6 Å². The first-order chi connectivity index (χ1) is 12.3. The van der Waals surface area contributed by atoms with Gasteiger partial charge in [-0.3, -0.25) is 15.4 Å². The number of carbonyl (C=O) groups excluding carboxylic acids is 1. The Morgan fingerprint density at radius 1 is 1.16 bits per heavy atom. The molecule has 8 heteroatoms. The number of para-hydroxylation sites is 2. The lowest BCUT2D eigenvalue weighted by molar-refractivity contribution is 0.238.